The second-order valence-corrected chi connectivity index (χ2v) is 5.11. The summed E-state index contributed by atoms with van der Waals surface area (Å²) in [4.78, 5) is 14.7. The van der Waals surface area contributed by atoms with Gasteiger partial charge in [-0.15, -0.1) is 0 Å². The van der Waals surface area contributed by atoms with Gasteiger partial charge in [-0.2, -0.15) is 5.10 Å². The number of carbonyl (C=O) groups is 1. The molecule has 0 saturated heterocycles. The third-order valence-corrected chi connectivity index (χ3v) is 3.46. The summed E-state index contributed by atoms with van der Waals surface area (Å²) >= 11 is 4.87. The second-order valence-electron chi connectivity index (χ2n) is 4.59. The van der Waals surface area contributed by atoms with Crippen LogP contribution in [0.25, 0.3) is 10.9 Å². The summed E-state index contributed by atoms with van der Waals surface area (Å²) in [6, 6.07) is 7.70. The van der Waals surface area contributed by atoms with Gasteiger partial charge >= 0.3 is 0 Å². The van der Waals surface area contributed by atoms with E-state index in [4.69, 9.17) is 18.0 Å². The molecule has 106 valence electrons. The highest BCUT2D eigenvalue weighted by molar-refractivity contribution is 7.80. The number of nitrogens with two attached hydrogens (primary N) is 1. The van der Waals surface area contributed by atoms with E-state index in [-0.39, 0.29) is 5.91 Å². The molecule has 0 atom stereocenters. The summed E-state index contributed by atoms with van der Waals surface area (Å²) in [5.41, 5.74) is 6.93. The molecule has 20 heavy (non-hydrogen) atoms. The Balaban J connectivity index is 2.32. The average molecular weight is 290 g/mol. The Kier molecular flexibility index (Phi) is 4.34. The fraction of sp³-hybridized carbons (Fsp3) is 0.357. The highest BCUT2D eigenvalue weighted by Gasteiger charge is 2.20. The molecule has 0 aliphatic rings. The maximum absolute atomic E-state index is 12.6. The van der Waals surface area contributed by atoms with Crippen molar-refractivity contribution >= 4 is 34.0 Å². The van der Waals surface area contributed by atoms with Gasteiger partial charge in [0.15, 0.2) is 5.69 Å². The molecular formula is C14H18N4OS. The monoisotopic (exact) mass is 290 g/mol. The SMILES string of the molecule is CCN(CCC(N)=S)C(=O)c1nn(C)c2ccccc12. The van der Waals surface area contributed by atoms with E-state index in [0.717, 1.165) is 10.9 Å². The maximum atomic E-state index is 12.6. The summed E-state index contributed by atoms with van der Waals surface area (Å²) in [6.07, 6.45) is 0.527. The molecule has 0 aliphatic carbocycles. The van der Waals surface area contributed by atoms with Gasteiger partial charge in [-0.05, 0) is 13.0 Å². The molecule has 1 amide bonds. The van der Waals surface area contributed by atoms with E-state index in [1.807, 2.05) is 38.2 Å². The Morgan fingerprint density at radius 2 is 2.15 bits per heavy atom. The molecule has 0 unspecified atom stereocenters. The number of amides is 1. The fourth-order valence-corrected chi connectivity index (χ4v) is 2.26. The number of para-hydroxylation sites is 1. The lowest BCUT2D eigenvalue weighted by Gasteiger charge is -2.19. The average Bonchev–Trinajstić information content (AvgIpc) is 2.77. The zero-order valence-electron chi connectivity index (χ0n) is 11.7. The number of aryl methyl sites for hydroxylation is 1. The Morgan fingerprint density at radius 3 is 2.80 bits per heavy atom. The molecule has 2 rings (SSSR count). The Hall–Kier alpha value is -1.95. The van der Waals surface area contributed by atoms with E-state index in [0.29, 0.717) is 30.2 Å². The number of hydrogen-bond acceptors (Lipinski definition) is 3. The zero-order valence-corrected chi connectivity index (χ0v) is 12.5. The van der Waals surface area contributed by atoms with Crippen molar-refractivity contribution in [2.24, 2.45) is 12.8 Å². The predicted molar refractivity (Wildman–Crippen MR) is 83.7 cm³/mol. The van der Waals surface area contributed by atoms with Crippen molar-refractivity contribution in [2.45, 2.75) is 13.3 Å². The van der Waals surface area contributed by atoms with Gasteiger partial charge in [0, 0.05) is 31.9 Å². The van der Waals surface area contributed by atoms with Crippen molar-refractivity contribution < 1.29 is 4.79 Å². The van der Waals surface area contributed by atoms with E-state index in [9.17, 15) is 4.79 Å². The van der Waals surface area contributed by atoms with Crippen molar-refractivity contribution in [2.75, 3.05) is 13.1 Å². The molecule has 0 bridgehead atoms. The first-order valence-electron chi connectivity index (χ1n) is 6.54. The number of aromatic nitrogens is 2. The topological polar surface area (TPSA) is 64.2 Å². The fourth-order valence-electron chi connectivity index (χ4n) is 2.17. The van der Waals surface area contributed by atoms with Gasteiger partial charge in [0.2, 0.25) is 0 Å². The van der Waals surface area contributed by atoms with Gasteiger partial charge in [-0.1, -0.05) is 30.4 Å². The highest BCUT2D eigenvalue weighted by Crippen LogP contribution is 2.19. The second kappa shape index (κ2) is 6.00. The van der Waals surface area contributed by atoms with Crippen LogP contribution in [0.2, 0.25) is 0 Å². The molecule has 0 aliphatic heterocycles. The standard InChI is InChI=1S/C14H18N4OS/c1-3-18(9-8-12(15)20)14(19)13-10-6-4-5-7-11(10)17(2)16-13/h4-7H,3,8-9H2,1-2H3,(H2,15,20). The molecule has 0 saturated carbocycles. The largest absolute Gasteiger partial charge is 0.393 e. The molecule has 0 spiro atoms. The van der Waals surface area contributed by atoms with Crippen molar-refractivity contribution in [3.05, 3.63) is 30.0 Å². The molecule has 2 aromatic rings. The van der Waals surface area contributed by atoms with Crippen molar-refractivity contribution in [3.63, 3.8) is 0 Å². The van der Waals surface area contributed by atoms with Gasteiger partial charge in [-0.3, -0.25) is 9.48 Å². The van der Waals surface area contributed by atoms with Crippen LogP contribution in [0.1, 0.15) is 23.8 Å². The molecule has 5 nitrogen and oxygen atoms in total. The molecule has 1 heterocycles. The maximum Gasteiger partial charge on any atom is 0.275 e. The molecule has 2 N–H and O–H groups in total. The smallest absolute Gasteiger partial charge is 0.275 e. The van der Waals surface area contributed by atoms with Crippen molar-refractivity contribution in [3.8, 4) is 0 Å². The van der Waals surface area contributed by atoms with Crippen LogP contribution in [-0.2, 0) is 7.05 Å². The Morgan fingerprint density at radius 1 is 1.45 bits per heavy atom. The van der Waals surface area contributed by atoms with E-state index >= 15 is 0 Å². The first-order valence-corrected chi connectivity index (χ1v) is 6.94. The Bertz CT molecular complexity index is 650. The number of rotatable bonds is 5. The van der Waals surface area contributed by atoms with Gasteiger partial charge in [0.1, 0.15) is 0 Å². The van der Waals surface area contributed by atoms with Gasteiger partial charge in [0.05, 0.1) is 10.5 Å². The third-order valence-electron chi connectivity index (χ3n) is 3.26. The van der Waals surface area contributed by atoms with E-state index in [1.54, 1.807) is 9.58 Å². The van der Waals surface area contributed by atoms with Crippen LogP contribution in [0.15, 0.2) is 24.3 Å². The summed E-state index contributed by atoms with van der Waals surface area (Å²) in [5.74, 6) is -0.0828. The number of thiocarbonyl (C=S) groups is 1. The highest BCUT2D eigenvalue weighted by atomic mass is 32.1. The number of carbonyl (C=O) groups excluding carboxylic acids is 1. The van der Waals surface area contributed by atoms with Gasteiger partial charge < -0.3 is 10.6 Å². The number of fused-ring (bicyclic) bond motifs is 1. The van der Waals surface area contributed by atoms with Crippen LogP contribution >= 0.6 is 12.2 Å². The van der Waals surface area contributed by atoms with E-state index < -0.39 is 0 Å². The lowest BCUT2D eigenvalue weighted by atomic mass is 10.2. The summed E-state index contributed by atoms with van der Waals surface area (Å²) in [6.45, 7) is 3.06. The molecule has 1 aromatic carbocycles. The zero-order chi connectivity index (χ0) is 14.7. The van der Waals surface area contributed by atoms with Crippen molar-refractivity contribution in [1.29, 1.82) is 0 Å². The molecule has 0 radical (unpaired) electrons. The summed E-state index contributed by atoms with van der Waals surface area (Å²) in [7, 11) is 1.84. The first-order chi connectivity index (χ1) is 9.54. The van der Waals surface area contributed by atoms with Gasteiger partial charge in [0.25, 0.3) is 5.91 Å². The minimum atomic E-state index is -0.0828. The van der Waals surface area contributed by atoms with Crippen LogP contribution in [0, 0.1) is 0 Å². The van der Waals surface area contributed by atoms with E-state index in [1.165, 1.54) is 0 Å². The molecular weight excluding hydrogens is 272 g/mol. The van der Waals surface area contributed by atoms with Crippen LogP contribution in [0.4, 0.5) is 0 Å². The van der Waals surface area contributed by atoms with Crippen LogP contribution in [-0.4, -0.2) is 38.7 Å². The number of hydrogen-bond donors (Lipinski definition) is 1. The summed E-state index contributed by atoms with van der Waals surface area (Å²) < 4.78 is 1.73. The molecule has 0 fully saturated rings. The van der Waals surface area contributed by atoms with Crippen LogP contribution in [0.3, 0.4) is 0 Å². The normalized spacial score (nSPS) is 10.7. The number of benzene rings is 1. The van der Waals surface area contributed by atoms with Gasteiger partial charge in [-0.25, -0.2) is 0 Å². The summed E-state index contributed by atoms with van der Waals surface area (Å²) in [5, 5.41) is 5.22. The quantitative estimate of drug-likeness (QED) is 0.852. The minimum Gasteiger partial charge on any atom is -0.393 e. The molecule has 1 aromatic heterocycles. The lowest BCUT2D eigenvalue weighted by Crippen LogP contribution is -2.34. The van der Waals surface area contributed by atoms with E-state index in [2.05, 4.69) is 5.10 Å². The third kappa shape index (κ3) is 2.80. The van der Waals surface area contributed by atoms with Crippen LogP contribution < -0.4 is 5.73 Å². The number of nitrogens with zero attached hydrogens (tertiary/aromatic N) is 3. The van der Waals surface area contributed by atoms with Crippen molar-refractivity contribution in [1.82, 2.24) is 14.7 Å². The molecule has 6 heteroatoms. The van der Waals surface area contributed by atoms with Crippen LogP contribution in [0.5, 0.6) is 0 Å². The lowest BCUT2D eigenvalue weighted by molar-refractivity contribution is 0.0764. The first kappa shape index (κ1) is 14.5. The predicted octanol–water partition coefficient (Wildman–Crippen LogP) is 1.71. The minimum absolute atomic E-state index is 0.0828. The Labute approximate surface area is 123 Å².